The number of hydrogen-bond acceptors (Lipinski definition) is 2. The van der Waals surface area contributed by atoms with Gasteiger partial charge in [0.05, 0.1) is 5.69 Å². The van der Waals surface area contributed by atoms with Crippen LogP contribution in [0.15, 0.2) is 40.9 Å². The van der Waals surface area contributed by atoms with Crippen molar-refractivity contribution in [2.75, 3.05) is 4.72 Å². The molecule has 0 saturated carbocycles. The molecule has 1 atom stereocenters. The average molecular weight is 285 g/mol. The fourth-order valence-electron chi connectivity index (χ4n) is 1.42. The highest BCUT2D eigenvalue weighted by Gasteiger charge is 2.00. The second kappa shape index (κ2) is 4.30. The zero-order chi connectivity index (χ0) is 10.8. The van der Waals surface area contributed by atoms with E-state index in [1.807, 2.05) is 30.3 Å². The normalized spacial score (nSPS) is 12.7. The monoisotopic (exact) mass is 284 g/mol. The third kappa shape index (κ3) is 2.37. The van der Waals surface area contributed by atoms with Gasteiger partial charge in [-0.3, -0.25) is 4.21 Å². The second-order valence-corrected chi connectivity index (χ2v) is 4.60. The molecule has 0 fully saturated rings. The van der Waals surface area contributed by atoms with Crippen molar-refractivity contribution in [3.05, 3.63) is 40.9 Å². The number of rotatable bonds is 2. The van der Waals surface area contributed by atoms with Crippen molar-refractivity contribution in [2.24, 2.45) is 0 Å². The van der Waals surface area contributed by atoms with Gasteiger partial charge in [0.2, 0.25) is 0 Å². The van der Waals surface area contributed by atoms with Gasteiger partial charge >= 0.3 is 0 Å². The minimum atomic E-state index is -2.29. The summed E-state index contributed by atoms with van der Waals surface area (Å²) in [5.74, 6) is 0. The molecule has 0 spiro atoms. The molecule has 0 aliphatic rings. The zero-order valence-corrected chi connectivity index (χ0v) is 9.97. The maximum absolute atomic E-state index is 10.6. The van der Waals surface area contributed by atoms with Gasteiger partial charge in [0, 0.05) is 21.1 Å². The quantitative estimate of drug-likeness (QED) is 0.863. The lowest BCUT2D eigenvalue weighted by atomic mass is 10.1. The van der Waals surface area contributed by atoms with Crippen LogP contribution in [0.3, 0.4) is 0 Å². The van der Waals surface area contributed by atoms with Gasteiger partial charge < -0.3 is 9.27 Å². The number of halogens is 1. The van der Waals surface area contributed by atoms with E-state index >= 15 is 0 Å². The van der Waals surface area contributed by atoms with Crippen LogP contribution < -0.4 is 4.72 Å². The van der Waals surface area contributed by atoms with E-state index in [0.717, 1.165) is 15.2 Å². The highest BCUT2D eigenvalue weighted by molar-refractivity contribution is 9.10. The molecule has 0 heterocycles. The fourth-order valence-corrected chi connectivity index (χ4v) is 2.14. The lowest BCUT2D eigenvalue weighted by Crippen LogP contribution is -2.02. The van der Waals surface area contributed by atoms with Gasteiger partial charge in [-0.15, -0.1) is 0 Å². The summed E-state index contributed by atoms with van der Waals surface area (Å²) in [6.45, 7) is 0. The molecule has 2 aromatic rings. The first-order valence-corrected chi connectivity index (χ1v) is 6.08. The Hall–Kier alpha value is -0.910. The summed E-state index contributed by atoms with van der Waals surface area (Å²) in [5.41, 5.74) is 0.585. The molecule has 0 saturated heterocycles. The SMILES string of the molecule is O=S([O-])Nc1cccc2ccc(Br)cc12. The lowest BCUT2D eigenvalue weighted by molar-refractivity contribution is 0.542. The van der Waals surface area contributed by atoms with Crippen LogP contribution >= 0.6 is 15.9 Å². The van der Waals surface area contributed by atoms with Crippen LogP contribution in [0.4, 0.5) is 5.69 Å². The van der Waals surface area contributed by atoms with E-state index in [1.54, 1.807) is 6.07 Å². The Labute approximate surface area is 98.0 Å². The molecule has 1 N–H and O–H groups in total. The van der Waals surface area contributed by atoms with Crippen LogP contribution in [0, 0.1) is 0 Å². The van der Waals surface area contributed by atoms with Crippen molar-refractivity contribution < 1.29 is 8.76 Å². The highest BCUT2D eigenvalue weighted by Crippen LogP contribution is 2.26. The maximum Gasteiger partial charge on any atom is 0.0531 e. The third-order valence-electron chi connectivity index (χ3n) is 2.04. The molecule has 2 rings (SSSR count). The molecular weight excluding hydrogens is 278 g/mol. The van der Waals surface area contributed by atoms with Crippen molar-refractivity contribution in [2.45, 2.75) is 0 Å². The summed E-state index contributed by atoms with van der Waals surface area (Å²) in [6.07, 6.45) is 0. The molecule has 3 nitrogen and oxygen atoms in total. The summed E-state index contributed by atoms with van der Waals surface area (Å²) in [4.78, 5) is 0. The molecule has 78 valence electrons. The molecule has 0 radical (unpaired) electrons. The van der Waals surface area contributed by atoms with E-state index in [0.29, 0.717) is 5.69 Å². The van der Waals surface area contributed by atoms with Crippen LogP contribution in [0.25, 0.3) is 10.8 Å². The first-order valence-electron chi connectivity index (χ1n) is 4.21. The Morgan fingerprint density at radius 1 is 1.27 bits per heavy atom. The Morgan fingerprint density at radius 3 is 2.80 bits per heavy atom. The van der Waals surface area contributed by atoms with Crippen molar-refractivity contribution in [3.8, 4) is 0 Å². The first-order chi connectivity index (χ1) is 7.16. The number of benzene rings is 2. The third-order valence-corrected chi connectivity index (χ3v) is 2.92. The molecule has 5 heteroatoms. The summed E-state index contributed by atoms with van der Waals surface area (Å²) in [6, 6.07) is 11.2. The molecule has 0 aromatic heterocycles. The Morgan fingerprint density at radius 2 is 2.07 bits per heavy atom. The van der Waals surface area contributed by atoms with Crippen molar-refractivity contribution in [1.82, 2.24) is 0 Å². The van der Waals surface area contributed by atoms with E-state index in [9.17, 15) is 8.76 Å². The van der Waals surface area contributed by atoms with Crippen molar-refractivity contribution in [3.63, 3.8) is 0 Å². The van der Waals surface area contributed by atoms with Gasteiger partial charge in [-0.1, -0.05) is 34.1 Å². The zero-order valence-electron chi connectivity index (χ0n) is 7.57. The summed E-state index contributed by atoms with van der Waals surface area (Å²) in [7, 11) is 0. The molecule has 15 heavy (non-hydrogen) atoms. The minimum Gasteiger partial charge on any atom is -0.755 e. The number of anilines is 1. The topological polar surface area (TPSA) is 52.2 Å². The van der Waals surface area contributed by atoms with E-state index in [1.165, 1.54) is 0 Å². The summed E-state index contributed by atoms with van der Waals surface area (Å²) < 4.78 is 24.4. The van der Waals surface area contributed by atoms with E-state index in [2.05, 4.69) is 20.7 Å². The number of fused-ring (bicyclic) bond motifs is 1. The largest absolute Gasteiger partial charge is 0.755 e. The van der Waals surface area contributed by atoms with Crippen molar-refractivity contribution in [1.29, 1.82) is 0 Å². The smallest absolute Gasteiger partial charge is 0.0531 e. The number of hydrogen-bond donors (Lipinski definition) is 1. The van der Waals surface area contributed by atoms with Crippen LogP contribution in [0.5, 0.6) is 0 Å². The highest BCUT2D eigenvalue weighted by atomic mass is 79.9. The summed E-state index contributed by atoms with van der Waals surface area (Å²) >= 11 is 1.06. The maximum atomic E-state index is 10.6. The van der Waals surface area contributed by atoms with Gasteiger partial charge in [0.15, 0.2) is 0 Å². The Bertz CT molecular complexity index is 530. The average Bonchev–Trinajstić information content (AvgIpc) is 2.18. The standard InChI is InChI=1S/C10H8BrNO2S/c11-8-5-4-7-2-1-3-10(9(7)6-8)12-15(13)14/h1-6,12H,(H,13,14)/p-1. The second-order valence-electron chi connectivity index (χ2n) is 3.01. The van der Waals surface area contributed by atoms with E-state index in [4.69, 9.17) is 0 Å². The van der Waals surface area contributed by atoms with Gasteiger partial charge in [0.1, 0.15) is 0 Å². The first kappa shape index (κ1) is 10.6. The van der Waals surface area contributed by atoms with Gasteiger partial charge in [0.25, 0.3) is 0 Å². The summed E-state index contributed by atoms with van der Waals surface area (Å²) in [5, 5.41) is 1.87. The lowest BCUT2D eigenvalue weighted by Gasteiger charge is -2.11. The van der Waals surface area contributed by atoms with Crippen LogP contribution in [0.2, 0.25) is 0 Å². The molecule has 1 unspecified atom stereocenters. The molecule has 0 bridgehead atoms. The van der Waals surface area contributed by atoms with Gasteiger partial charge in [-0.2, -0.15) is 0 Å². The Balaban J connectivity index is 2.63. The van der Waals surface area contributed by atoms with Crippen LogP contribution in [-0.2, 0) is 11.3 Å². The number of nitrogens with one attached hydrogen (secondary N) is 1. The molecule has 0 aliphatic heterocycles. The molecule has 0 aliphatic carbocycles. The predicted molar refractivity (Wildman–Crippen MR) is 64.2 cm³/mol. The van der Waals surface area contributed by atoms with E-state index < -0.39 is 11.3 Å². The van der Waals surface area contributed by atoms with Gasteiger partial charge in [-0.25, -0.2) is 0 Å². The van der Waals surface area contributed by atoms with Crippen LogP contribution in [0.1, 0.15) is 0 Å². The van der Waals surface area contributed by atoms with Crippen LogP contribution in [-0.4, -0.2) is 8.76 Å². The van der Waals surface area contributed by atoms with Crippen molar-refractivity contribution >= 4 is 43.7 Å². The molecule has 2 aromatic carbocycles. The minimum absolute atomic E-state index is 0.585. The molecule has 0 amide bonds. The van der Waals surface area contributed by atoms with E-state index in [-0.39, 0.29) is 0 Å². The fraction of sp³-hybridized carbons (Fsp3) is 0. The molecular formula is C10H7BrNO2S-. The predicted octanol–water partition coefficient (Wildman–Crippen LogP) is 2.81. The Kier molecular flexibility index (Phi) is 3.04. The van der Waals surface area contributed by atoms with Gasteiger partial charge in [-0.05, 0) is 23.6 Å².